The number of benzene rings is 1. The van der Waals surface area contributed by atoms with Crippen molar-refractivity contribution in [3.8, 4) is 0 Å². The summed E-state index contributed by atoms with van der Waals surface area (Å²) in [7, 11) is -2.64. The van der Waals surface area contributed by atoms with Gasteiger partial charge in [-0.25, -0.2) is 13.2 Å². The van der Waals surface area contributed by atoms with Crippen molar-refractivity contribution >= 4 is 26.8 Å². The summed E-state index contributed by atoms with van der Waals surface area (Å²) in [5.41, 5.74) is -1.75. The second-order valence-electron chi connectivity index (χ2n) is 7.33. The molecule has 0 aliphatic carbocycles. The van der Waals surface area contributed by atoms with Gasteiger partial charge in [0.15, 0.2) is 5.72 Å². The Hall–Kier alpha value is -2.50. The number of hydrogen-bond acceptors (Lipinski definition) is 6. The molecule has 5 rings (SSSR count). The van der Waals surface area contributed by atoms with Crippen LogP contribution in [-0.4, -0.2) is 64.5 Å². The molecule has 1 amide bonds. The quantitative estimate of drug-likeness (QED) is 0.679. The van der Waals surface area contributed by atoms with Crippen LogP contribution in [0.25, 0.3) is 10.9 Å². The number of sulfonamides is 1. The molecule has 3 saturated heterocycles. The van der Waals surface area contributed by atoms with E-state index in [0.717, 1.165) is 4.57 Å². The van der Waals surface area contributed by atoms with E-state index >= 15 is 0 Å². The molecule has 148 valence electrons. The molecule has 0 bridgehead atoms. The topological polar surface area (TPSA) is 122 Å². The van der Waals surface area contributed by atoms with Gasteiger partial charge in [-0.2, -0.15) is 4.31 Å². The SMILES string of the molecule is Cn1c(=O)[nH]c2ccc(S(=O)(=O)N3CC[C@@]45OCCN4C(=O)C[C@@H]35)cc2c1=O. The minimum Gasteiger partial charge on any atom is -0.352 e. The van der Waals surface area contributed by atoms with Gasteiger partial charge in [-0.1, -0.05) is 0 Å². The monoisotopic (exact) mass is 406 g/mol. The Morgan fingerprint density at radius 1 is 1.21 bits per heavy atom. The molecule has 1 spiro atoms. The largest absolute Gasteiger partial charge is 0.352 e. The lowest BCUT2D eigenvalue weighted by Gasteiger charge is -2.31. The van der Waals surface area contributed by atoms with Crippen LogP contribution in [0, 0.1) is 0 Å². The maximum atomic E-state index is 13.3. The molecule has 2 aromatic rings. The summed E-state index contributed by atoms with van der Waals surface area (Å²) in [5.74, 6) is -0.104. The van der Waals surface area contributed by atoms with Gasteiger partial charge in [-0.15, -0.1) is 0 Å². The fourth-order valence-corrected chi connectivity index (χ4v) is 6.30. The van der Waals surface area contributed by atoms with Gasteiger partial charge in [0.25, 0.3) is 5.56 Å². The predicted molar refractivity (Wildman–Crippen MR) is 97.1 cm³/mol. The molecule has 4 heterocycles. The molecule has 0 saturated carbocycles. The van der Waals surface area contributed by atoms with Gasteiger partial charge < -0.3 is 14.6 Å². The number of rotatable bonds is 2. The molecule has 1 N–H and O–H groups in total. The fraction of sp³-hybridized carbons (Fsp3) is 0.471. The van der Waals surface area contributed by atoms with Crippen LogP contribution >= 0.6 is 0 Å². The van der Waals surface area contributed by atoms with Crippen LogP contribution in [0.3, 0.4) is 0 Å². The summed E-state index contributed by atoms with van der Waals surface area (Å²) in [6.45, 7) is 1.11. The number of fused-ring (bicyclic) bond motifs is 1. The highest BCUT2D eigenvalue weighted by molar-refractivity contribution is 7.89. The van der Waals surface area contributed by atoms with E-state index in [4.69, 9.17) is 4.74 Å². The van der Waals surface area contributed by atoms with Crippen molar-refractivity contribution in [2.24, 2.45) is 7.05 Å². The zero-order chi connectivity index (χ0) is 19.8. The van der Waals surface area contributed by atoms with Crippen molar-refractivity contribution in [3.05, 3.63) is 39.0 Å². The summed E-state index contributed by atoms with van der Waals surface area (Å²) in [5, 5.41) is 0.110. The molecule has 3 aliphatic heterocycles. The lowest BCUT2D eigenvalue weighted by atomic mass is 10.1. The number of nitrogens with zero attached hydrogens (tertiary/aromatic N) is 3. The van der Waals surface area contributed by atoms with Gasteiger partial charge >= 0.3 is 5.69 Å². The Bertz CT molecular complexity index is 1250. The Labute approximate surface area is 159 Å². The Balaban J connectivity index is 1.61. The number of nitrogens with one attached hydrogen (secondary N) is 1. The van der Waals surface area contributed by atoms with Gasteiger partial charge in [-0.05, 0) is 18.2 Å². The first kappa shape index (κ1) is 17.6. The molecule has 0 unspecified atom stereocenters. The molecule has 28 heavy (non-hydrogen) atoms. The van der Waals surface area contributed by atoms with Crippen LogP contribution in [0.15, 0.2) is 32.7 Å². The molecule has 0 radical (unpaired) electrons. The summed E-state index contributed by atoms with van der Waals surface area (Å²) >= 11 is 0. The van der Waals surface area contributed by atoms with Gasteiger partial charge in [0.2, 0.25) is 15.9 Å². The second-order valence-corrected chi connectivity index (χ2v) is 9.22. The number of ether oxygens (including phenoxy) is 1. The van der Waals surface area contributed by atoms with Crippen LogP contribution < -0.4 is 11.2 Å². The average molecular weight is 406 g/mol. The van der Waals surface area contributed by atoms with E-state index in [1.165, 1.54) is 29.6 Å². The number of H-pyrrole nitrogens is 1. The molecule has 3 aliphatic rings. The standard InChI is InChI=1S/C17H18N4O6S/c1-19-15(23)11-8-10(2-3-12(11)18-16(19)24)28(25,26)21-5-4-17-13(21)9-14(22)20(17)6-7-27-17/h2-3,8,13H,4-7,9H2,1H3,(H,18,24)/t13-,17+/m1/s1. The van der Waals surface area contributed by atoms with E-state index in [1.54, 1.807) is 4.90 Å². The third-order valence-electron chi connectivity index (χ3n) is 6.03. The highest BCUT2D eigenvalue weighted by Gasteiger charge is 2.64. The van der Waals surface area contributed by atoms with Crippen LogP contribution in [0.1, 0.15) is 12.8 Å². The number of carbonyl (C=O) groups is 1. The maximum Gasteiger partial charge on any atom is 0.328 e. The van der Waals surface area contributed by atoms with Crippen molar-refractivity contribution < 1.29 is 17.9 Å². The van der Waals surface area contributed by atoms with E-state index < -0.39 is 33.0 Å². The lowest BCUT2D eigenvalue weighted by molar-refractivity contribution is -0.136. The molecule has 2 atom stereocenters. The highest BCUT2D eigenvalue weighted by atomic mass is 32.2. The van der Waals surface area contributed by atoms with Gasteiger partial charge in [0, 0.05) is 33.0 Å². The van der Waals surface area contributed by atoms with Gasteiger partial charge in [0.05, 0.1) is 28.4 Å². The Morgan fingerprint density at radius 3 is 2.79 bits per heavy atom. The third-order valence-corrected chi connectivity index (χ3v) is 7.93. The minimum absolute atomic E-state index is 0.0508. The number of hydrogen-bond donors (Lipinski definition) is 1. The van der Waals surface area contributed by atoms with E-state index in [0.29, 0.717) is 19.6 Å². The van der Waals surface area contributed by atoms with Crippen molar-refractivity contribution in [3.63, 3.8) is 0 Å². The summed E-state index contributed by atoms with van der Waals surface area (Å²) in [6, 6.07) is 3.47. The van der Waals surface area contributed by atoms with Gasteiger partial charge in [-0.3, -0.25) is 14.2 Å². The first-order chi connectivity index (χ1) is 13.3. The Kier molecular flexibility index (Phi) is 3.47. The lowest BCUT2D eigenvalue weighted by Crippen LogP contribution is -2.48. The van der Waals surface area contributed by atoms with E-state index in [1.807, 2.05) is 0 Å². The highest BCUT2D eigenvalue weighted by Crippen LogP contribution is 2.47. The van der Waals surface area contributed by atoms with Crippen molar-refractivity contribution in [2.75, 3.05) is 19.7 Å². The molecular weight excluding hydrogens is 388 g/mol. The van der Waals surface area contributed by atoms with E-state index in [-0.39, 0.29) is 34.7 Å². The molecule has 1 aromatic heterocycles. The zero-order valence-electron chi connectivity index (χ0n) is 15.0. The first-order valence-electron chi connectivity index (χ1n) is 8.95. The number of aromatic amines is 1. The Morgan fingerprint density at radius 2 is 2.00 bits per heavy atom. The number of aromatic nitrogens is 2. The molecule has 11 heteroatoms. The summed E-state index contributed by atoms with van der Waals surface area (Å²) < 4.78 is 34.7. The third kappa shape index (κ3) is 2.09. The summed E-state index contributed by atoms with van der Waals surface area (Å²) in [4.78, 5) is 40.6. The van der Waals surface area contributed by atoms with Crippen LogP contribution in [0.2, 0.25) is 0 Å². The second kappa shape index (κ2) is 5.52. The predicted octanol–water partition coefficient (Wildman–Crippen LogP) is -1.05. The zero-order valence-corrected chi connectivity index (χ0v) is 15.9. The van der Waals surface area contributed by atoms with Crippen molar-refractivity contribution in [1.29, 1.82) is 0 Å². The molecule has 10 nitrogen and oxygen atoms in total. The molecule has 3 fully saturated rings. The number of carbonyl (C=O) groups excluding carboxylic acids is 1. The number of amides is 1. The minimum atomic E-state index is -3.96. The van der Waals surface area contributed by atoms with Crippen LogP contribution in [-0.2, 0) is 26.6 Å². The maximum absolute atomic E-state index is 13.3. The van der Waals surface area contributed by atoms with E-state index in [9.17, 15) is 22.8 Å². The molecular formula is C17H18N4O6S. The van der Waals surface area contributed by atoms with Crippen molar-refractivity contribution in [2.45, 2.75) is 29.5 Å². The smallest absolute Gasteiger partial charge is 0.328 e. The van der Waals surface area contributed by atoms with Crippen LogP contribution in [0.4, 0.5) is 0 Å². The van der Waals surface area contributed by atoms with E-state index in [2.05, 4.69) is 4.98 Å². The fourth-order valence-electron chi connectivity index (χ4n) is 4.62. The average Bonchev–Trinajstić information content (AvgIpc) is 3.30. The van der Waals surface area contributed by atoms with Crippen molar-refractivity contribution in [1.82, 2.24) is 18.8 Å². The van der Waals surface area contributed by atoms with Crippen LogP contribution in [0.5, 0.6) is 0 Å². The first-order valence-corrected chi connectivity index (χ1v) is 10.4. The normalized spacial score (nSPS) is 27.5. The molecule has 1 aromatic carbocycles. The summed E-state index contributed by atoms with van der Waals surface area (Å²) in [6.07, 6.45) is 0.507. The van der Waals surface area contributed by atoms with Gasteiger partial charge in [0.1, 0.15) is 0 Å².